The second-order valence-corrected chi connectivity index (χ2v) is 7.19. The molecule has 4 rings (SSSR count). The van der Waals surface area contributed by atoms with Crippen LogP contribution in [0.3, 0.4) is 0 Å². The van der Waals surface area contributed by atoms with E-state index < -0.39 is 17.8 Å². The summed E-state index contributed by atoms with van der Waals surface area (Å²) in [6, 6.07) is 11.0. The number of hydrogen-bond donors (Lipinski definition) is 1. The molecule has 0 fully saturated rings. The number of thiocarbonyl (C=S) groups is 1. The molecule has 0 aromatic heterocycles. The number of rotatable bonds is 4. The number of esters is 1. The molecule has 0 unspecified atom stereocenters. The molecule has 2 heterocycles. The van der Waals surface area contributed by atoms with Crippen molar-refractivity contribution in [2.24, 2.45) is 0 Å². The first-order valence-electron chi connectivity index (χ1n) is 9.60. The van der Waals surface area contributed by atoms with Crippen LogP contribution in [-0.2, 0) is 9.53 Å². The predicted molar refractivity (Wildman–Crippen MR) is 114 cm³/mol. The molecule has 1 atom stereocenters. The summed E-state index contributed by atoms with van der Waals surface area (Å²) in [6.07, 6.45) is 0.506. The molecule has 0 saturated carbocycles. The molecule has 1 N–H and O–H groups in total. The second-order valence-electron chi connectivity index (χ2n) is 6.81. The molecule has 0 amide bonds. The molecule has 2 aromatic carbocycles. The standard InChI is InChI=1S/C22H21FN2O4S/c1-3-16-19(21(26)27-2)20(13-5-4-6-14(23)11-13)24-22(30)25(16)15-7-8-17-18(12-15)29-10-9-28-17/h4-8,11-12,20H,3,9-10H2,1-2H3,(H,24,30)/t20-/m0/s1. The van der Waals surface area contributed by atoms with E-state index in [0.29, 0.717) is 53.1 Å². The molecule has 0 spiro atoms. The second kappa shape index (κ2) is 8.31. The van der Waals surface area contributed by atoms with Gasteiger partial charge in [0.25, 0.3) is 0 Å². The Morgan fingerprint density at radius 2 is 2.00 bits per heavy atom. The van der Waals surface area contributed by atoms with Gasteiger partial charge in [0.15, 0.2) is 16.6 Å². The summed E-state index contributed by atoms with van der Waals surface area (Å²) in [4.78, 5) is 14.6. The van der Waals surface area contributed by atoms with E-state index in [9.17, 15) is 9.18 Å². The minimum Gasteiger partial charge on any atom is -0.486 e. The molecule has 30 heavy (non-hydrogen) atoms. The van der Waals surface area contributed by atoms with E-state index in [1.54, 1.807) is 17.0 Å². The van der Waals surface area contributed by atoms with Crippen molar-refractivity contribution in [1.82, 2.24) is 5.32 Å². The van der Waals surface area contributed by atoms with Gasteiger partial charge >= 0.3 is 5.97 Å². The van der Waals surface area contributed by atoms with E-state index in [2.05, 4.69) is 5.32 Å². The minimum absolute atomic E-state index is 0.383. The van der Waals surface area contributed by atoms with Gasteiger partial charge in [-0.25, -0.2) is 9.18 Å². The smallest absolute Gasteiger partial charge is 0.337 e. The summed E-state index contributed by atoms with van der Waals surface area (Å²) < 4.78 is 30.2. The number of nitrogens with zero attached hydrogens (tertiary/aromatic N) is 1. The van der Waals surface area contributed by atoms with Crippen LogP contribution in [0.4, 0.5) is 10.1 Å². The number of anilines is 1. The highest BCUT2D eigenvalue weighted by Crippen LogP contribution is 2.39. The molecule has 0 bridgehead atoms. The number of carbonyl (C=O) groups is 1. The highest BCUT2D eigenvalue weighted by Gasteiger charge is 2.36. The monoisotopic (exact) mass is 428 g/mol. The molecular formula is C22H21FN2O4S. The normalized spacial score (nSPS) is 18.2. The van der Waals surface area contributed by atoms with Crippen LogP contribution in [0.5, 0.6) is 11.5 Å². The fraction of sp³-hybridized carbons (Fsp3) is 0.273. The van der Waals surface area contributed by atoms with Crippen molar-refractivity contribution in [3.05, 3.63) is 65.1 Å². The van der Waals surface area contributed by atoms with Crippen molar-refractivity contribution in [3.8, 4) is 11.5 Å². The first kappa shape index (κ1) is 20.2. The highest BCUT2D eigenvalue weighted by molar-refractivity contribution is 7.80. The topological polar surface area (TPSA) is 60.0 Å². The number of allylic oxidation sites excluding steroid dienone is 1. The lowest BCUT2D eigenvalue weighted by molar-refractivity contribution is -0.136. The Hall–Kier alpha value is -3.13. The van der Waals surface area contributed by atoms with Crippen LogP contribution in [0, 0.1) is 5.82 Å². The van der Waals surface area contributed by atoms with Crippen LogP contribution in [-0.4, -0.2) is 31.4 Å². The quantitative estimate of drug-likeness (QED) is 0.586. The van der Waals surface area contributed by atoms with Crippen molar-refractivity contribution in [2.75, 3.05) is 25.2 Å². The largest absolute Gasteiger partial charge is 0.486 e. The Balaban J connectivity index is 1.85. The average molecular weight is 428 g/mol. The number of nitrogens with one attached hydrogen (secondary N) is 1. The van der Waals surface area contributed by atoms with Crippen molar-refractivity contribution >= 4 is 29.0 Å². The molecule has 2 aliphatic heterocycles. The Bertz CT molecular complexity index is 1040. The number of benzene rings is 2. The van der Waals surface area contributed by atoms with Gasteiger partial charge in [-0.15, -0.1) is 0 Å². The number of halogens is 1. The van der Waals surface area contributed by atoms with Gasteiger partial charge in [0.1, 0.15) is 19.0 Å². The van der Waals surface area contributed by atoms with Crippen LogP contribution >= 0.6 is 12.2 Å². The zero-order valence-electron chi connectivity index (χ0n) is 16.6. The van der Waals surface area contributed by atoms with Gasteiger partial charge in [0.2, 0.25) is 0 Å². The van der Waals surface area contributed by atoms with Crippen molar-refractivity contribution < 1.29 is 23.4 Å². The summed E-state index contributed by atoms with van der Waals surface area (Å²) in [7, 11) is 1.33. The van der Waals surface area contributed by atoms with Gasteiger partial charge < -0.3 is 19.5 Å². The third-order valence-electron chi connectivity index (χ3n) is 5.05. The maximum atomic E-state index is 13.9. The number of methoxy groups -OCH3 is 1. The number of carbonyl (C=O) groups excluding carboxylic acids is 1. The van der Waals surface area contributed by atoms with E-state index >= 15 is 0 Å². The lowest BCUT2D eigenvalue weighted by Gasteiger charge is -2.38. The molecule has 156 valence electrons. The first-order valence-corrected chi connectivity index (χ1v) is 10.0. The molecule has 0 radical (unpaired) electrons. The Morgan fingerprint density at radius 3 is 2.70 bits per heavy atom. The van der Waals surface area contributed by atoms with Gasteiger partial charge in [-0.2, -0.15) is 0 Å². The van der Waals surface area contributed by atoms with Crippen LogP contribution in [0.1, 0.15) is 24.9 Å². The molecule has 0 saturated heterocycles. The SMILES string of the molecule is CCC1=C(C(=O)OC)[C@H](c2cccc(F)c2)NC(=S)N1c1ccc2c(c1)OCCO2. The predicted octanol–water partition coefficient (Wildman–Crippen LogP) is 3.87. The van der Waals surface area contributed by atoms with E-state index in [4.69, 9.17) is 26.4 Å². The van der Waals surface area contributed by atoms with Crippen LogP contribution in [0.15, 0.2) is 53.7 Å². The summed E-state index contributed by atoms with van der Waals surface area (Å²) in [5, 5.41) is 3.57. The van der Waals surface area contributed by atoms with E-state index in [1.807, 2.05) is 25.1 Å². The molecule has 2 aromatic rings. The Morgan fingerprint density at radius 1 is 1.23 bits per heavy atom. The fourth-order valence-electron chi connectivity index (χ4n) is 3.74. The van der Waals surface area contributed by atoms with Crippen LogP contribution in [0.25, 0.3) is 0 Å². The summed E-state index contributed by atoms with van der Waals surface area (Å²) >= 11 is 5.66. The summed E-state index contributed by atoms with van der Waals surface area (Å²) in [5.41, 5.74) is 2.38. The first-order chi connectivity index (χ1) is 14.5. The summed E-state index contributed by atoms with van der Waals surface area (Å²) in [5.74, 6) is 0.382. The van der Waals surface area contributed by atoms with Crippen molar-refractivity contribution in [3.63, 3.8) is 0 Å². The van der Waals surface area contributed by atoms with Gasteiger partial charge in [-0.1, -0.05) is 19.1 Å². The molecule has 2 aliphatic rings. The fourth-order valence-corrected chi connectivity index (χ4v) is 4.08. The highest BCUT2D eigenvalue weighted by atomic mass is 32.1. The van der Waals surface area contributed by atoms with Gasteiger partial charge in [0, 0.05) is 11.8 Å². The lowest BCUT2D eigenvalue weighted by Crippen LogP contribution is -2.48. The van der Waals surface area contributed by atoms with E-state index in [0.717, 1.165) is 5.69 Å². The minimum atomic E-state index is -0.621. The van der Waals surface area contributed by atoms with E-state index in [-0.39, 0.29) is 0 Å². The summed E-state index contributed by atoms with van der Waals surface area (Å²) in [6.45, 7) is 2.89. The van der Waals surface area contributed by atoms with Gasteiger partial charge in [-0.05, 0) is 48.5 Å². The van der Waals surface area contributed by atoms with Crippen molar-refractivity contribution in [2.45, 2.75) is 19.4 Å². The Kier molecular flexibility index (Phi) is 5.59. The van der Waals surface area contributed by atoms with E-state index in [1.165, 1.54) is 19.2 Å². The third-order valence-corrected chi connectivity index (χ3v) is 5.35. The van der Waals surface area contributed by atoms with Crippen LogP contribution in [0.2, 0.25) is 0 Å². The zero-order chi connectivity index (χ0) is 21.3. The number of hydrogen-bond acceptors (Lipinski definition) is 5. The maximum absolute atomic E-state index is 13.9. The van der Waals surface area contributed by atoms with Crippen LogP contribution < -0.4 is 19.7 Å². The van der Waals surface area contributed by atoms with Gasteiger partial charge in [0.05, 0.1) is 24.4 Å². The molecule has 8 heteroatoms. The number of ether oxygens (including phenoxy) is 3. The number of fused-ring (bicyclic) bond motifs is 1. The molecule has 6 nitrogen and oxygen atoms in total. The van der Waals surface area contributed by atoms with Gasteiger partial charge in [-0.3, -0.25) is 4.90 Å². The zero-order valence-corrected chi connectivity index (χ0v) is 17.4. The lowest BCUT2D eigenvalue weighted by atomic mass is 9.93. The molecular weight excluding hydrogens is 407 g/mol. The molecule has 0 aliphatic carbocycles. The van der Waals surface area contributed by atoms with Crippen molar-refractivity contribution in [1.29, 1.82) is 0 Å². The Labute approximate surface area is 179 Å². The average Bonchev–Trinajstić information content (AvgIpc) is 2.77. The third kappa shape index (κ3) is 3.59. The maximum Gasteiger partial charge on any atom is 0.337 e.